The Morgan fingerprint density at radius 1 is 1.05 bits per heavy atom. The molecule has 6 nitrogen and oxygen atoms in total. The number of carbonyl (C=O) groups is 2. The zero-order chi connectivity index (χ0) is 15.4. The molecule has 0 spiro atoms. The molecule has 0 radical (unpaired) electrons. The van der Waals surface area contributed by atoms with Crippen molar-refractivity contribution >= 4 is 18.0 Å². The van der Waals surface area contributed by atoms with Crippen LogP contribution in [0.3, 0.4) is 0 Å². The summed E-state index contributed by atoms with van der Waals surface area (Å²) in [5.74, 6) is -1.23. The highest BCUT2D eigenvalue weighted by Crippen LogP contribution is 2.52. The van der Waals surface area contributed by atoms with E-state index >= 15 is 0 Å². The van der Waals surface area contributed by atoms with E-state index in [4.69, 9.17) is 0 Å². The van der Waals surface area contributed by atoms with Crippen LogP contribution in [0.1, 0.15) is 12.0 Å². The van der Waals surface area contributed by atoms with Crippen molar-refractivity contribution in [1.29, 1.82) is 0 Å². The highest BCUT2D eigenvalue weighted by atomic mass is 16.3. The summed E-state index contributed by atoms with van der Waals surface area (Å²) >= 11 is 0. The Bertz CT molecular complexity index is 710. The van der Waals surface area contributed by atoms with Gasteiger partial charge in [0.1, 0.15) is 0 Å². The number of rotatable bonds is 2. The quantitative estimate of drug-likeness (QED) is 0.372. The number of benzene rings is 1. The van der Waals surface area contributed by atoms with Gasteiger partial charge >= 0.3 is 0 Å². The smallest absolute Gasteiger partial charge is 0.254 e. The number of hydrogen-bond acceptors (Lipinski definition) is 5. The van der Waals surface area contributed by atoms with Crippen LogP contribution in [0.5, 0.6) is 11.5 Å². The molecule has 1 aromatic rings. The van der Waals surface area contributed by atoms with Crippen LogP contribution in [0.25, 0.3) is 0 Å². The number of phenolic OH excluding ortho intramolecular Hbond substituents is 2. The van der Waals surface area contributed by atoms with E-state index in [-0.39, 0.29) is 47.0 Å². The lowest BCUT2D eigenvalue weighted by atomic mass is 9.85. The van der Waals surface area contributed by atoms with E-state index in [0.29, 0.717) is 5.56 Å². The van der Waals surface area contributed by atoms with Crippen molar-refractivity contribution in [2.45, 2.75) is 6.42 Å². The van der Waals surface area contributed by atoms with Crippen LogP contribution in [-0.4, -0.2) is 33.3 Å². The standard InChI is InChI=1S/C16H14N2O4/c19-11-4-1-8(5-12(11)20)7-17-18-15(21)13-9-2-3-10(6-9)14(13)16(18)22/h1-5,7,9-10,13-14,19-20H,6H2/b17-7-/t9-,10+,13-,14+. The van der Waals surface area contributed by atoms with Gasteiger partial charge in [-0.25, -0.2) is 0 Å². The zero-order valence-electron chi connectivity index (χ0n) is 11.6. The molecular weight excluding hydrogens is 284 g/mol. The molecule has 22 heavy (non-hydrogen) atoms. The molecule has 1 saturated carbocycles. The fraction of sp³-hybridized carbons (Fsp3) is 0.312. The number of phenols is 2. The fourth-order valence-electron chi connectivity index (χ4n) is 3.75. The van der Waals surface area contributed by atoms with E-state index in [1.807, 2.05) is 12.2 Å². The average Bonchev–Trinajstić information content (AvgIpc) is 3.16. The van der Waals surface area contributed by atoms with Gasteiger partial charge in [-0.05, 0) is 42.0 Å². The molecule has 0 unspecified atom stereocenters. The second-order valence-electron chi connectivity index (χ2n) is 5.98. The molecule has 2 fully saturated rings. The summed E-state index contributed by atoms with van der Waals surface area (Å²) < 4.78 is 0. The molecule has 2 amide bonds. The second-order valence-corrected chi connectivity index (χ2v) is 5.98. The number of carbonyl (C=O) groups excluding carboxylic acids is 2. The van der Waals surface area contributed by atoms with Crippen LogP contribution < -0.4 is 0 Å². The summed E-state index contributed by atoms with van der Waals surface area (Å²) in [5.41, 5.74) is 0.494. The third kappa shape index (κ3) is 1.70. The van der Waals surface area contributed by atoms with E-state index in [2.05, 4.69) is 5.10 Å². The maximum Gasteiger partial charge on any atom is 0.254 e. The lowest BCUT2D eigenvalue weighted by Crippen LogP contribution is -2.28. The number of aromatic hydroxyl groups is 2. The fourth-order valence-corrected chi connectivity index (χ4v) is 3.75. The number of fused-ring (bicyclic) bond motifs is 5. The van der Waals surface area contributed by atoms with Gasteiger partial charge in [0.25, 0.3) is 11.8 Å². The number of imide groups is 1. The lowest BCUT2D eigenvalue weighted by Gasteiger charge is -2.13. The molecule has 2 aliphatic carbocycles. The highest BCUT2D eigenvalue weighted by molar-refractivity contribution is 6.06. The first-order chi connectivity index (χ1) is 10.6. The van der Waals surface area contributed by atoms with E-state index in [1.165, 1.54) is 24.4 Å². The highest BCUT2D eigenvalue weighted by Gasteiger charge is 2.59. The van der Waals surface area contributed by atoms with Crippen molar-refractivity contribution in [2.75, 3.05) is 0 Å². The van der Waals surface area contributed by atoms with Crippen molar-refractivity contribution in [1.82, 2.24) is 5.01 Å². The summed E-state index contributed by atoms with van der Waals surface area (Å²) in [5, 5.41) is 23.6. The normalized spacial score (nSPS) is 32.5. The first-order valence-electron chi connectivity index (χ1n) is 7.18. The number of amides is 2. The number of hydrogen-bond donors (Lipinski definition) is 2. The Hall–Kier alpha value is -2.63. The van der Waals surface area contributed by atoms with Crippen molar-refractivity contribution in [3.05, 3.63) is 35.9 Å². The molecule has 6 heteroatoms. The lowest BCUT2D eigenvalue weighted by molar-refractivity contribution is -0.140. The van der Waals surface area contributed by atoms with Crippen molar-refractivity contribution in [3.8, 4) is 11.5 Å². The van der Waals surface area contributed by atoms with Crippen molar-refractivity contribution in [3.63, 3.8) is 0 Å². The molecule has 1 saturated heterocycles. The van der Waals surface area contributed by atoms with Crippen LogP contribution in [0.15, 0.2) is 35.5 Å². The largest absolute Gasteiger partial charge is 0.504 e. The van der Waals surface area contributed by atoms with E-state index < -0.39 is 0 Å². The Kier molecular flexibility index (Phi) is 2.63. The molecule has 4 rings (SSSR count). The molecule has 1 heterocycles. The maximum absolute atomic E-state index is 12.4. The third-order valence-corrected chi connectivity index (χ3v) is 4.77. The van der Waals surface area contributed by atoms with Gasteiger partial charge < -0.3 is 10.2 Å². The number of hydrazone groups is 1. The minimum absolute atomic E-state index is 0.157. The van der Waals surface area contributed by atoms with Gasteiger partial charge in [-0.15, -0.1) is 0 Å². The molecular formula is C16H14N2O4. The maximum atomic E-state index is 12.4. The zero-order valence-corrected chi connectivity index (χ0v) is 11.6. The summed E-state index contributed by atoms with van der Waals surface area (Å²) in [6, 6.07) is 4.18. The Balaban J connectivity index is 1.59. The molecule has 2 bridgehead atoms. The van der Waals surface area contributed by atoms with Gasteiger partial charge in [0.15, 0.2) is 11.5 Å². The van der Waals surface area contributed by atoms with E-state index in [1.54, 1.807) is 0 Å². The van der Waals surface area contributed by atoms with E-state index in [9.17, 15) is 19.8 Å². The van der Waals surface area contributed by atoms with Gasteiger partial charge in [-0.3, -0.25) is 9.59 Å². The van der Waals surface area contributed by atoms with Gasteiger partial charge in [0, 0.05) is 0 Å². The first-order valence-corrected chi connectivity index (χ1v) is 7.18. The summed E-state index contributed by atoms with van der Waals surface area (Å²) in [6.07, 6.45) is 6.28. The molecule has 0 aromatic heterocycles. The Morgan fingerprint density at radius 2 is 1.68 bits per heavy atom. The monoisotopic (exact) mass is 298 g/mol. The Morgan fingerprint density at radius 3 is 2.27 bits per heavy atom. The van der Waals surface area contributed by atoms with E-state index in [0.717, 1.165) is 11.4 Å². The van der Waals surface area contributed by atoms with Gasteiger partial charge in [-0.2, -0.15) is 10.1 Å². The van der Waals surface area contributed by atoms with Crippen LogP contribution in [-0.2, 0) is 9.59 Å². The number of nitrogens with zero attached hydrogens (tertiary/aromatic N) is 2. The van der Waals surface area contributed by atoms with Crippen molar-refractivity contribution in [2.24, 2.45) is 28.8 Å². The predicted octanol–water partition coefficient (Wildman–Crippen LogP) is 1.24. The van der Waals surface area contributed by atoms with Crippen LogP contribution in [0.2, 0.25) is 0 Å². The Labute approximate surface area is 126 Å². The van der Waals surface area contributed by atoms with Gasteiger partial charge in [-0.1, -0.05) is 12.2 Å². The minimum Gasteiger partial charge on any atom is -0.504 e. The second kappa shape index (κ2) is 4.43. The first kappa shape index (κ1) is 13.1. The molecule has 3 aliphatic rings. The topological polar surface area (TPSA) is 90.2 Å². The summed E-state index contributed by atoms with van der Waals surface area (Å²) in [6.45, 7) is 0. The molecule has 2 N–H and O–H groups in total. The van der Waals surface area contributed by atoms with Crippen LogP contribution in [0.4, 0.5) is 0 Å². The van der Waals surface area contributed by atoms with Crippen LogP contribution in [0, 0.1) is 23.7 Å². The average molecular weight is 298 g/mol. The summed E-state index contributed by atoms with van der Waals surface area (Å²) in [7, 11) is 0. The molecule has 112 valence electrons. The minimum atomic E-state index is -0.276. The predicted molar refractivity (Wildman–Crippen MR) is 76.9 cm³/mol. The molecule has 4 atom stereocenters. The number of allylic oxidation sites excluding steroid dienone is 2. The SMILES string of the molecule is O=C1[C@@H]2[C@H](C(=O)N1/N=C\c1ccc(O)c(O)c1)[C@@H]1C=C[C@H]2C1. The summed E-state index contributed by atoms with van der Waals surface area (Å²) in [4.78, 5) is 24.8. The van der Waals surface area contributed by atoms with Gasteiger partial charge in [0.05, 0.1) is 18.1 Å². The third-order valence-electron chi connectivity index (χ3n) is 4.77. The molecule has 1 aliphatic heterocycles. The van der Waals surface area contributed by atoms with Crippen LogP contribution >= 0.6 is 0 Å². The van der Waals surface area contributed by atoms with Crippen molar-refractivity contribution < 1.29 is 19.8 Å². The van der Waals surface area contributed by atoms with Gasteiger partial charge in [0.2, 0.25) is 0 Å². The molecule has 1 aromatic carbocycles.